The van der Waals surface area contributed by atoms with Gasteiger partial charge in [-0.3, -0.25) is 4.79 Å². The highest BCUT2D eigenvalue weighted by Gasteiger charge is 2.29. The molecule has 0 aromatic heterocycles. The first kappa shape index (κ1) is 22.8. The van der Waals surface area contributed by atoms with Crippen LogP contribution in [0.3, 0.4) is 0 Å². The maximum atomic E-state index is 12.5. The summed E-state index contributed by atoms with van der Waals surface area (Å²) in [7, 11) is -3.98. The number of amides is 5. The third-order valence-corrected chi connectivity index (χ3v) is 7.16. The van der Waals surface area contributed by atoms with Crippen LogP contribution in [-0.2, 0) is 21.2 Å². The highest BCUT2D eigenvalue weighted by Crippen LogP contribution is 2.23. The summed E-state index contributed by atoms with van der Waals surface area (Å²) in [6.07, 6.45) is 7.70. The molecule has 1 fully saturated rings. The Bertz CT molecular complexity index is 966. The van der Waals surface area contributed by atoms with Gasteiger partial charge in [0, 0.05) is 12.2 Å². The van der Waals surface area contributed by atoms with E-state index in [1.807, 2.05) is 0 Å². The molecule has 1 atom stereocenters. The zero-order chi connectivity index (χ0) is 22.6. The number of urea groups is 2. The number of rotatable bonds is 6. The van der Waals surface area contributed by atoms with Crippen molar-refractivity contribution in [2.45, 2.75) is 56.4 Å². The van der Waals surface area contributed by atoms with Crippen molar-refractivity contribution in [3.63, 3.8) is 0 Å². The fourth-order valence-corrected chi connectivity index (χ4v) is 4.80. The molecule has 4 N–H and O–H groups in total. The molecule has 5 amide bonds. The van der Waals surface area contributed by atoms with Crippen molar-refractivity contribution in [1.82, 2.24) is 14.9 Å². The second kappa shape index (κ2) is 9.51. The summed E-state index contributed by atoms with van der Waals surface area (Å²) >= 11 is 0. The fourth-order valence-electron chi connectivity index (χ4n) is 3.88. The summed E-state index contributed by atoms with van der Waals surface area (Å²) in [5.41, 5.74) is 5.96. The third kappa shape index (κ3) is 5.84. The van der Waals surface area contributed by atoms with E-state index in [1.54, 1.807) is 18.2 Å². The predicted octanol–water partition coefficient (Wildman–Crippen LogP) is 2.24. The van der Waals surface area contributed by atoms with Crippen LogP contribution >= 0.6 is 0 Å². The van der Waals surface area contributed by atoms with Crippen LogP contribution in [0.4, 0.5) is 9.59 Å². The minimum Gasteiger partial charge on any atom is -0.351 e. The van der Waals surface area contributed by atoms with E-state index in [4.69, 9.17) is 5.73 Å². The zero-order valence-corrected chi connectivity index (χ0v) is 18.2. The first-order valence-electron chi connectivity index (χ1n) is 10.4. The van der Waals surface area contributed by atoms with Crippen LogP contribution in [0.2, 0.25) is 0 Å². The maximum Gasteiger partial charge on any atom is 0.328 e. The van der Waals surface area contributed by atoms with Gasteiger partial charge in [-0.1, -0.05) is 25.1 Å². The molecule has 31 heavy (non-hydrogen) atoms. The van der Waals surface area contributed by atoms with Crippen molar-refractivity contribution in [3.05, 3.63) is 42.1 Å². The van der Waals surface area contributed by atoms with E-state index in [0.717, 1.165) is 36.1 Å². The molecule has 9 nitrogen and oxygen atoms in total. The van der Waals surface area contributed by atoms with Crippen LogP contribution < -0.4 is 15.8 Å². The topological polar surface area (TPSA) is 139 Å². The largest absolute Gasteiger partial charge is 0.351 e. The standard InChI is InChI=1S/C21H28N4O5S/c1-14-2-8-17(9-3-14)23-21(28)24-31(29,30)18-10-5-15(6-11-18)4-7-16-12-13-25(19(16)26)20(22)27/h5-6,10-14,16-17H,2-4,7-9H2,1H3,(H2,22,27)(H2,23,24,28). The van der Waals surface area contributed by atoms with Crippen molar-refractivity contribution in [3.8, 4) is 0 Å². The summed E-state index contributed by atoms with van der Waals surface area (Å²) < 4.78 is 27.0. The first-order chi connectivity index (χ1) is 14.7. The monoisotopic (exact) mass is 448 g/mol. The van der Waals surface area contributed by atoms with Crippen molar-refractivity contribution in [1.29, 1.82) is 0 Å². The van der Waals surface area contributed by atoms with Crippen molar-refractivity contribution in [2.24, 2.45) is 17.6 Å². The lowest BCUT2D eigenvalue weighted by Crippen LogP contribution is -2.45. The number of nitrogens with one attached hydrogen (secondary N) is 2. The molecule has 168 valence electrons. The molecule has 1 heterocycles. The molecule has 1 aromatic carbocycles. The number of nitrogens with two attached hydrogens (primary N) is 1. The number of nitrogens with zero attached hydrogens (tertiary/aromatic N) is 1. The zero-order valence-electron chi connectivity index (χ0n) is 17.4. The highest BCUT2D eigenvalue weighted by molar-refractivity contribution is 7.90. The molecule has 1 aliphatic carbocycles. The van der Waals surface area contributed by atoms with Crippen molar-refractivity contribution in [2.75, 3.05) is 0 Å². The Morgan fingerprint density at radius 2 is 1.77 bits per heavy atom. The van der Waals surface area contributed by atoms with Crippen molar-refractivity contribution < 1.29 is 22.8 Å². The predicted molar refractivity (Wildman–Crippen MR) is 114 cm³/mol. The number of carbonyl (C=O) groups excluding carboxylic acids is 3. The van der Waals surface area contributed by atoms with Gasteiger partial charge in [-0.05, 0) is 62.1 Å². The molecule has 0 spiro atoms. The summed E-state index contributed by atoms with van der Waals surface area (Å²) in [6, 6.07) is 4.60. The highest BCUT2D eigenvalue weighted by atomic mass is 32.2. The summed E-state index contributed by atoms with van der Waals surface area (Å²) in [5.74, 6) is -0.174. The average Bonchev–Trinajstić information content (AvgIpc) is 3.09. The number of sulfonamides is 1. The van der Waals surface area contributed by atoms with Crippen LogP contribution in [-0.4, -0.2) is 37.3 Å². The molecule has 3 rings (SSSR count). The first-order valence-corrected chi connectivity index (χ1v) is 11.9. The number of hydrogen-bond acceptors (Lipinski definition) is 5. The molecular formula is C21H28N4O5S. The van der Waals surface area contributed by atoms with Gasteiger partial charge in [0.2, 0.25) is 5.91 Å². The SMILES string of the molecule is CC1CCC(NC(=O)NS(=O)(=O)c2ccc(CCC3C=CN(C(N)=O)C3=O)cc2)CC1. The van der Waals surface area contributed by atoms with Crippen LogP contribution in [0.15, 0.2) is 41.4 Å². The molecule has 2 aliphatic rings. The van der Waals surface area contributed by atoms with Gasteiger partial charge in [-0.2, -0.15) is 0 Å². The number of aryl methyl sites for hydroxylation is 1. The quantitative estimate of drug-likeness (QED) is 0.612. The third-order valence-electron chi connectivity index (χ3n) is 5.82. The Balaban J connectivity index is 1.51. The van der Waals surface area contributed by atoms with E-state index in [1.165, 1.54) is 18.3 Å². The molecule has 0 saturated heterocycles. The second-order valence-electron chi connectivity index (χ2n) is 8.21. The lowest BCUT2D eigenvalue weighted by molar-refractivity contribution is -0.127. The van der Waals surface area contributed by atoms with E-state index >= 15 is 0 Å². The van der Waals surface area contributed by atoms with Gasteiger partial charge in [-0.15, -0.1) is 0 Å². The Hall–Kier alpha value is -2.88. The fraction of sp³-hybridized carbons (Fsp3) is 0.476. The average molecular weight is 449 g/mol. The Kier molecular flexibility index (Phi) is 6.99. The van der Waals surface area contributed by atoms with Gasteiger partial charge in [0.15, 0.2) is 0 Å². The number of hydrogen-bond donors (Lipinski definition) is 3. The van der Waals surface area contributed by atoms with Crippen LogP contribution in [0.25, 0.3) is 0 Å². The van der Waals surface area contributed by atoms with Gasteiger partial charge in [0.25, 0.3) is 10.0 Å². The smallest absolute Gasteiger partial charge is 0.328 e. The van der Waals surface area contributed by atoms with E-state index in [0.29, 0.717) is 18.8 Å². The molecule has 0 bridgehead atoms. The molecule has 1 unspecified atom stereocenters. The van der Waals surface area contributed by atoms with Gasteiger partial charge in [0.1, 0.15) is 0 Å². The van der Waals surface area contributed by atoms with E-state index in [2.05, 4.69) is 17.0 Å². The normalized spacial score (nSPS) is 23.6. The lowest BCUT2D eigenvalue weighted by Gasteiger charge is -2.26. The number of benzene rings is 1. The Morgan fingerprint density at radius 1 is 1.13 bits per heavy atom. The molecule has 10 heteroatoms. The number of imide groups is 1. The van der Waals surface area contributed by atoms with Gasteiger partial charge >= 0.3 is 12.1 Å². The Labute approximate surface area is 182 Å². The summed E-state index contributed by atoms with van der Waals surface area (Å²) in [5, 5.41) is 2.74. The molecule has 0 radical (unpaired) electrons. The van der Waals surface area contributed by atoms with Gasteiger partial charge in [0.05, 0.1) is 10.8 Å². The number of carbonyl (C=O) groups is 3. The van der Waals surface area contributed by atoms with Gasteiger partial charge < -0.3 is 11.1 Å². The molecule has 1 aliphatic heterocycles. The van der Waals surface area contributed by atoms with E-state index in [-0.39, 0.29) is 16.8 Å². The molecule has 1 saturated carbocycles. The van der Waals surface area contributed by atoms with E-state index in [9.17, 15) is 22.8 Å². The summed E-state index contributed by atoms with van der Waals surface area (Å²) in [6.45, 7) is 2.17. The van der Waals surface area contributed by atoms with Crippen LogP contribution in [0, 0.1) is 11.8 Å². The molecule has 1 aromatic rings. The summed E-state index contributed by atoms with van der Waals surface area (Å²) in [4.78, 5) is 36.2. The number of primary amides is 1. The lowest BCUT2D eigenvalue weighted by atomic mass is 9.87. The van der Waals surface area contributed by atoms with Crippen molar-refractivity contribution >= 4 is 28.0 Å². The van der Waals surface area contributed by atoms with Crippen LogP contribution in [0.1, 0.15) is 44.6 Å². The maximum absolute atomic E-state index is 12.5. The minimum absolute atomic E-state index is 0.00777. The molecular weight excluding hydrogens is 420 g/mol. The van der Waals surface area contributed by atoms with Gasteiger partial charge in [-0.25, -0.2) is 27.6 Å². The minimum atomic E-state index is -3.98. The van der Waals surface area contributed by atoms with E-state index < -0.39 is 28.0 Å². The Morgan fingerprint density at radius 3 is 2.35 bits per heavy atom. The van der Waals surface area contributed by atoms with Crippen LogP contribution in [0.5, 0.6) is 0 Å². The second-order valence-corrected chi connectivity index (χ2v) is 9.90.